The van der Waals surface area contributed by atoms with Crippen LogP contribution in [0.3, 0.4) is 0 Å². The minimum atomic E-state index is 0.700. The van der Waals surface area contributed by atoms with Crippen LogP contribution in [-0.4, -0.2) is 22.9 Å². The van der Waals surface area contributed by atoms with Gasteiger partial charge in [0.2, 0.25) is 0 Å². The van der Waals surface area contributed by atoms with Crippen LogP contribution in [0.5, 0.6) is 0 Å². The minimum Gasteiger partial charge on any atom is -0.317 e. The van der Waals surface area contributed by atoms with Crippen molar-refractivity contribution in [2.24, 2.45) is 5.92 Å². The van der Waals surface area contributed by atoms with Gasteiger partial charge in [-0.15, -0.1) is 0 Å². The Bertz CT molecular complexity index is 348. The third-order valence-corrected chi connectivity index (χ3v) is 4.16. The molecule has 1 heterocycles. The summed E-state index contributed by atoms with van der Waals surface area (Å²) in [5.41, 5.74) is 1.08. The normalized spacial score (nSPS) is 25.2. The molecule has 0 radical (unpaired) electrons. The lowest BCUT2D eigenvalue weighted by atomic mass is 10.00. The zero-order chi connectivity index (χ0) is 11.5. The first kappa shape index (κ1) is 11.9. The van der Waals surface area contributed by atoms with Crippen LogP contribution in [-0.2, 0) is 6.54 Å². The molecule has 2 rings (SSSR count). The molecular weight excluding hydrogens is 222 g/mol. The predicted molar refractivity (Wildman–Crippen MR) is 66.8 cm³/mol. The van der Waals surface area contributed by atoms with Crippen LogP contribution in [0.4, 0.5) is 0 Å². The molecule has 4 heteroatoms. The average molecular weight is 242 g/mol. The van der Waals surface area contributed by atoms with Gasteiger partial charge in [0, 0.05) is 12.6 Å². The number of aromatic nitrogens is 2. The number of aryl methyl sites for hydroxylation is 1. The Kier molecular flexibility index (Phi) is 3.87. The summed E-state index contributed by atoms with van der Waals surface area (Å²) < 4.78 is 2.02. The number of nitrogens with zero attached hydrogens (tertiary/aromatic N) is 2. The van der Waals surface area contributed by atoms with Crippen LogP contribution in [0, 0.1) is 12.8 Å². The number of hydrogen-bond acceptors (Lipinski definition) is 2. The maximum Gasteiger partial charge on any atom is 0.0814 e. The maximum atomic E-state index is 5.99. The molecule has 16 heavy (non-hydrogen) atoms. The van der Waals surface area contributed by atoms with Gasteiger partial charge < -0.3 is 5.32 Å². The van der Waals surface area contributed by atoms with E-state index in [4.69, 9.17) is 11.6 Å². The summed E-state index contributed by atoms with van der Waals surface area (Å²) in [5, 5.41) is 8.48. The number of hydrogen-bond donors (Lipinski definition) is 1. The monoisotopic (exact) mass is 241 g/mol. The van der Waals surface area contributed by atoms with E-state index in [0.717, 1.165) is 23.2 Å². The summed E-state index contributed by atoms with van der Waals surface area (Å²) in [6, 6.07) is 0.700. The van der Waals surface area contributed by atoms with Gasteiger partial charge >= 0.3 is 0 Å². The van der Waals surface area contributed by atoms with Gasteiger partial charge in [-0.05, 0) is 39.2 Å². The lowest BCUT2D eigenvalue weighted by molar-refractivity contribution is 0.367. The molecule has 0 spiro atoms. The summed E-state index contributed by atoms with van der Waals surface area (Å²) in [4.78, 5) is 0. The van der Waals surface area contributed by atoms with E-state index in [2.05, 4.69) is 17.5 Å². The molecule has 1 aromatic heterocycles. The van der Waals surface area contributed by atoms with Crippen molar-refractivity contribution in [2.45, 2.75) is 45.2 Å². The SMILES string of the molecule is CNC1CCCC1CCn1ncc(Cl)c1C. The summed E-state index contributed by atoms with van der Waals surface area (Å²) in [6.07, 6.45) is 6.96. The molecule has 0 bridgehead atoms. The van der Waals surface area contributed by atoms with Crippen molar-refractivity contribution in [2.75, 3.05) is 7.05 Å². The molecule has 0 aromatic carbocycles. The highest BCUT2D eigenvalue weighted by molar-refractivity contribution is 6.31. The van der Waals surface area contributed by atoms with E-state index in [1.54, 1.807) is 6.20 Å². The van der Waals surface area contributed by atoms with Crippen molar-refractivity contribution in [3.05, 3.63) is 16.9 Å². The van der Waals surface area contributed by atoms with E-state index in [1.807, 2.05) is 11.6 Å². The second-order valence-corrected chi connectivity index (χ2v) is 5.08. The van der Waals surface area contributed by atoms with Crippen LogP contribution in [0.2, 0.25) is 5.02 Å². The maximum absolute atomic E-state index is 5.99. The highest BCUT2D eigenvalue weighted by Gasteiger charge is 2.25. The second kappa shape index (κ2) is 5.19. The van der Waals surface area contributed by atoms with Gasteiger partial charge in [-0.3, -0.25) is 4.68 Å². The predicted octanol–water partition coefficient (Wildman–Crippen LogP) is 2.62. The molecule has 1 fully saturated rings. The van der Waals surface area contributed by atoms with Crippen molar-refractivity contribution < 1.29 is 0 Å². The minimum absolute atomic E-state index is 0.700. The molecule has 0 amide bonds. The van der Waals surface area contributed by atoms with Crippen molar-refractivity contribution in [3.8, 4) is 0 Å². The fraction of sp³-hybridized carbons (Fsp3) is 0.750. The van der Waals surface area contributed by atoms with Gasteiger partial charge in [-0.2, -0.15) is 5.10 Å². The van der Waals surface area contributed by atoms with Crippen molar-refractivity contribution in [3.63, 3.8) is 0 Å². The van der Waals surface area contributed by atoms with Gasteiger partial charge in [0.15, 0.2) is 0 Å². The Morgan fingerprint density at radius 1 is 1.56 bits per heavy atom. The Labute approximate surface area is 102 Å². The third kappa shape index (κ3) is 2.41. The molecule has 2 atom stereocenters. The lowest BCUT2D eigenvalue weighted by Crippen LogP contribution is -2.29. The quantitative estimate of drug-likeness (QED) is 0.878. The molecule has 0 aliphatic heterocycles. The molecule has 1 aromatic rings. The molecule has 1 aliphatic carbocycles. The fourth-order valence-electron chi connectivity index (χ4n) is 2.70. The van der Waals surface area contributed by atoms with E-state index in [-0.39, 0.29) is 0 Å². The zero-order valence-electron chi connectivity index (χ0n) is 10.0. The Morgan fingerprint density at radius 3 is 3.00 bits per heavy atom. The Morgan fingerprint density at radius 2 is 2.38 bits per heavy atom. The average Bonchev–Trinajstić information content (AvgIpc) is 2.86. The summed E-state index contributed by atoms with van der Waals surface area (Å²) >= 11 is 5.99. The van der Waals surface area contributed by atoms with E-state index in [1.165, 1.54) is 25.7 Å². The molecule has 2 unspecified atom stereocenters. The fourth-order valence-corrected chi connectivity index (χ4v) is 2.84. The van der Waals surface area contributed by atoms with Crippen molar-refractivity contribution in [1.82, 2.24) is 15.1 Å². The van der Waals surface area contributed by atoms with Crippen LogP contribution in [0.15, 0.2) is 6.20 Å². The highest BCUT2D eigenvalue weighted by atomic mass is 35.5. The first-order valence-corrected chi connectivity index (χ1v) is 6.45. The second-order valence-electron chi connectivity index (χ2n) is 4.68. The topological polar surface area (TPSA) is 29.9 Å². The van der Waals surface area contributed by atoms with Crippen LogP contribution in [0.25, 0.3) is 0 Å². The first-order chi connectivity index (χ1) is 7.72. The largest absolute Gasteiger partial charge is 0.317 e. The molecule has 1 aliphatic rings. The third-order valence-electron chi connectivity index (χ3n) is 3.78. The van der Waals surface area contributed by atoms with Crippen LogP contribution >= 0.6 is 11.6 Å². The number of nitrogens with one attached hydrogen (secondary N) is 1. The zero-order valence-corrected chi connectivity index (χ0v) is 10.8. The van der Waals surface area contributed by atoms with Gasteiger partial charge in [0.1, 0.15) is 0 Å². The summed E-state index contributed by atoms with van der Waals surface area (Å²) in [7, 11) is 2.07. The molecular formula is C12H20ClN3. The summed E-state index contributed by atoms with van der Waals surface area (Å²) in [6.45, 7) is 3.01. The van der Waals surface area contributed by atoms with E-state index in [0.29, 0.717) is 6.04 Å². The molecule has 90 valence electrons. The molecule has 1 saturated carbocycles. The number of halogens is 1. The van der Waals surface area contributed by atoms with Gasteiger partial charge in [-0.25, -0.2) is 0 Å². The molecule has 3 nitrogen and oxygen atoms in total. The smallest absolute Gasteiger partial charge is 0.0814 e. The Balaban J connectivity index is 1.89. The van der Waals surface area contributed by atoms with Gasteiger partial charge in [-0.1, -0.05) is 18.0 Å². The van der Waals surface area contributed by atoms with Crippen LogP contribution in [0.1, 0.15) is 31.4 Å². The number of rotatable bonds is 4. The first-order valence-electron chi connectivity index (χ1n) is 6.07. The standard InChI is InChI=1S/C12H20ClN3/c1-9-11(13)8-15-16(9)7-6-10-4-3-5-12(10)14-2/h8,10,12,14H,3-7H2,1-2H3. The van der Waals surface area contributed by atoms with Gasteiger partial charge in [0.25, 0.3) is 0 Å². The van der Waals surface area contributed by atoms with E-state index < -0.39 is 0 Å². The van der Waals surface area contributed by atoms with Crippen LogP contribution < -0.4 is 5.32 Å². The lowest BCUT2D eigenvalue weighted by Gasteiger charge is -2.19. The Hall–Kier alpha value is -0.540. The van der Waals surface area contributed by atoms with E-state index in [9.17, 15) is 0 Å². The summed E-state index contributed by atoms with van der Waals surface area (Å²) in [5.74, 6) is 0.798. The van der Waals surface area contributed by atoms with E-state index >= 15 is 0 Å². The highest BCUT2D eigenvalue weighted by Crippen LogP contribution is 2.28. The molecule has 1 N–H and O–H groups in total. The van der Waals surface area contributed by atoms with Crippen molar-refractivity contribution >= 4 is 11.6 Å². The van der Waals surface area contributed by atoms with Crippen molar-refractivity contribution in [1.29, 1.82) is 0 Å². The van der Waals surface area contributed by atoms with Gasteiger partial charge in [0.05, 0.1) is 16.9 Å². The molecule has 0 saturated heterocycles.